The lowest BCUT2D eigenvalue weighted by Gasteiger charge is -2.47. The molecule has 6 heteroatoms. The number of hydrogen-bond acceptors (Lipinski definition) is 5. The monoisotopic (exact) mass is 490 g/mol. The maximum Gasteiger partial charge on any atom is 0.330 e. The van der Waals surface area contributed by atoms with E-state index < -0.39 is 11.6 Å². The summed E-state index contributed by atoms with van der Waals surface area (Å²) in [7, 11) is 0. The van der Waals surface area contributed by atoms with Gasteiger partial charge in [0.25, 0.3) is 0 Å². The largest absolute Gasteiger partial charge is 0.478 e. The lowest BCUT2D eigenvalue weighted by Crippen LogP contribution is -2.49. The number of fused-ring (bicyclic) bond motifs is 3. The zero-order valence-electron chi connectivity index (χ0n) is 23.1. The van der Waals surface area contributed by atoms with Gasteiger partial charge in [0.15, 0.2) is 5.78 Å². The van der Waals surface area contributed by atoms with Gasteiger partial charge in [0.2, 0.25) is 0 Å². The Morgan fingerprint density at radius 3 is 2.26 bits per heavy atom. The first-order chi connectivity index (χ1) is 16.4. The minimum absolute atomic E-state index is 0.152. The van der Waals surface area contributed by atoms with Crippen LogP contribution in [0, 0.1) is 35.5 Å². The molecule has 3 rings (SSSR count). The fourth-order valence-corrected chi connectivity index (χ4v) is 5.99. The Hall–Kier alpha value is -2.21. The van der Waals surface area contributed by atoms with Gasteiger partial charge in [0.1, 0.15) is 12.2 Å². The Morgan fingerprint density at radius 2 is 1.80 bits per heavy atom. The van der Waals surface area contributed by atoms with Crippen LogP contribution in [0.5, 0.6) is 0 Å². The van der Waals surface area contributed by atoms with E-state index in [1.54, 1.807) is 19.9 Å². The number of allylic oxidation sites excluding steroid dienone is 2. The van der Waals surface area contributed by atoms with Crippen molar-refractivity contribution in [2.45, 2.75) is 87.2 Å². The zero-order chi connectivity index (χ0) is 27.1. The Kier molecular flexibility index (Phi) is 11.6. The summed E-state index contributed by atoms with van der Waals surface area (Å²) >= 11 is 0. The molecular formula is C29H46O6. The van der Waals surface area contributed by atoms with Crippen molar-refractivity contribution < 1.29 is 29.3 Å². The first kappa shape index (κ1) is 30.8. The second-order valence-electron chi connectivity index (χ2n) is 10.1. The third-order valence-corrected chi connectivity index (χ3v) is 7.95. The summed E-state index contributed by atoms with van der Waals surface area (Å²) in [5.41, 5.74) is 0.553. The molecule has 0 aromatic carbocycles. The number of ketones is 1. The smallest absolute Gasteiger partial charge is 0.330 e. The number of Topliss-reactive ketones (excluding diaryl/α,β-unsaturated/α-hetero) is 1. The maximum atomic E-state index is 12.8. The van der Waals surface area contributed by atoms with E-state index in [0.29, 0.717) is 34.8 Å². The summed E-state index contributed by atoms with van der Waals surface area (Å²) in [5.74, 6) is 0.623. The van der Waals surface area contributed by atoms with Crippen LogP contribution in [0.15, 0.2) is 34.9 Å². The number of hydrogen-bond donors (Lipinski definition) is 2. The predicted octanol–water partition coefficient (Wildman–Crippen LogP) is 5.75. The van der Waals surface area contributed by atoms with E-state index in [2.05, 4.69) is 26.8 Å². The van der Waals surface area contributed by atoms with Crippen molar-refractivity contribution in [1.29, 1.82) is 0 Å². The molecule has 1 saturated carbocycles. The second kappa shape index (κ2) is 13.2. The number of ether oxygens (including phenoxy) is 1. The van der Waals surface area contributed by atoms with E-state index in [-0.39, 0.29) is 36.6 Å². The highest BCUT2D eigenvalue weighted by Crippen LogP contribution is 2.55. The molecule has 0 amide bonds. The molecule has 0 aromatic rings. The van der Waals surface area contributed by atoms with Crippen LogP contribution in [-0.4, -0.2) is 40.1 Å². The molecule has 1 fully saturated rings. The highest BCUT2D eigenvalue weighted by molar-refractivity contribution is 6.04. The molecule has 0 heterocycles. The summed E-state index contributed by atoms with van der Waals surface area (Å²) in [6.45, 7) is 17.4. The third-order valence-electron chi connectivity index (χ3n) is 7.95. The molecule has 6 nitrogen and oxygen atoms in total. The van der Waals surface area contributed by atoms with E-state index >= 15 is 0 Å². The van der Waals surface area contributed by atoms with Crippen molar-refractivity contribution in [3.05, 3.63) is 34.9 Å². The van der Waals surface area contributed by atoms with E-state index in [4.69, 9.17) is 9.84 Å². The Labute approximate surface area is 211 Å². The van der Waals surface area contributed by atoms with Gasteiger partial charge in [-0.1, -0.05) is 59.3 Å². The summed E-state index contributed by atoms with van der Waals surface area (Å²) in [4.78, 5) is 34.0. The van der Waals surface area contributed by atoms with E-state index in [1.807, 2.05) is 26.8 Å². The number of carboxylic acids is 1. The fraction of sp³-hybridized carbons (Fsp3) is 0.690. The predicted molar refractivity (Wildman–Crippen MR) is 139 cm³/mol. The highest BCUT2D eigenvalue weighted by Gasteiger charge is 2.57. The molecule has 0 aromatic heterocycles. The number of carboxylic acid groups (broad SMARTS) is 1. The maximum absolute atomic E-state index is 12.8. The lowest BCUT2D eigenvalue weighted by atomic mass is 9.57. The topological polar surface area (TPSA) is 101 Å². The van der Waals surface area contributed by atoms with Gasteiger partial charge in [0, 0.05) is 24.8 Å². The molecule has 2 N–H and O–H groups in total. The molecule has 5 unspecified atom stereocenters. The summed E-state index contributed by atoms with van der Waals surface area (Å²) in [6.07, 6.45) is 8.34. The number of aliphatic hydroxyl groups is 1. The third kappa shape index (κ3) is 6.93. The van der Waals surface area contributed by atoms with Crippen LogP contribution in [0.4, 0.5) is 0 Å². The molecule has 0 radical (unpaired) electrons. The van der Waals surface area contributed by atoms with Crippen LogP contribution in [0.3, 0.4) is 0 Å². The van der Waals surface area contributed by atoms with Gasteiger partial charge >= 0.3 is 11.9 Å². The van der Waals surface area contributed by atoms with E-state index in [0.717, 1.165) is 18.4 Å². The Balaban J connectivity index is 0.000000587. The first-order valence-electron chi connectivity index (χ1n) is 13.0. The molecule has 3 aliphatic rings. The van der Waals surface area contributed by atoms with Gasteiger partial charge in [-0.3, -0.25) is 9.59 Å². The SMILES string of the molecule is C/C=C(/C)C(=O)O.CC.CCC1C[C@@H](C)C2C(C=C(COC(C)=O)CC3(O)C(=O)C(C)=CC23)[C@@H]1C. The molecule has 35 heavy (non-hydrogen) atoms. The van der Waals surface area contributed by atoms with Gasteiger partial charge in [-0.2, -0.15) is 0 Å². The summed E-state index contributed by atoms with van der Waals surface area (Å²) < 4.78 is 5.24. The van der Waals surface area contributed by atoms with Gasteiger partial charge < -0.3 is 14.9 Å². The second-order valence-corrected chi connectivity index (χ2v) is 10.1. The molecule has 0 saturated heterocycles. The molecule has 3 aliphatic carbocycles. The normalized spacial score (nSPS) is 33.9. The molecule has 198 valence electrons. The Bertz CT molecular complexity index is 866. The number of carbonyl (C=O) groups is 3. The van der Waals surface area contributed by atoms with Crippen LogP contribution in [0.25, 0.3) is 0 Å². The van der Waals surface area contributed by atoms with Gasteiger partial charge in [-0.15, -0.1) is 0 Å². The number of rotatable bonds is 4. The van der Waals surface area contributed by atoms with Crippen molar-refractivity contribution in [3.63, 3.8) is 0 Å². The van der Waals surface area contributed by atoms with Crippen molar-refractivity contribution >= 4 is 17.7 Å². The first-order valence-corrected chi connectivity index (χ1v) is 13.0. The quantitative estimate of drug-likeness (QED) is 0.295. The zero-order valence-corrected chi connectivity index (χ0v) is 23.1. The van der Waals surface area contributed by atoms with Crippen molar-refractivity contribution in [3.8, 4) is 0 Å². The van der Waals surface area contributed by atoms with Crippen LogP contribution < -0.4 is 0 Å². The molecule has 7 atom stereocenters. The van der Waals surface area contributed by atoms with Gasteiger partial charge in [-0.25, -0.2) is 4.79 Å². The lowest BCUT2D eigenvalue weighted by molar-refractivity contribution is -0.141. The van der Waals surface area contributed by atoms with Crippen molar-refractivity contribution in [2.75, 3.05) is 6.61 Å². The van der Waals surface area contributed by atoms with Gasteiger partial charge in [-0.05, 0) is 67.9 Å². The highest BCUT2D eigenvalue weighted by atomic mass is 16.5. The fourth-order valence-electron chi connectivity index (χ4n) is 5.99. The van der Waals surface area contributed by atoms with E-state index in [1.165, 1.54) is 6.92 Å². The van der Waals surface area contributed by atoms with Gasteiger partial charge in [0.05, 0.1) is 0 Å². The average molecular weight is 491 g/mol. The van der Waals surface area contributed by atoms with Crippen LogP contribution in [0.1, 0.15) is 81.6 Å². The summed E-state index contributed by atoms with van der Waals surface area (Å²) in [6, 6.07) is 0. The minimum atomic E-state index is -1.39. The summed E-state index contributed by atoms with van der Waals surface area (Å²) in [5, 5.41) is 19.6. The number of esters is 1. The molecule has 0 bridgehead atoms. The minimum Gasteiger partial charge on any atom is -0.478 e. The van der Waals surface area contributed by atoms with Crippen molar-refractivity contribution in [1.82, 2.24) is 0 Å². The van der Waals surface area contributed by atoms with Crippen LogP contribution in [-0.2, 0) is 19.1 Å². The average Bonchev–Trinajstić information content (AvgIpc) is 2.95. The standard InChI is InChI=1S/C22H32O4.C5H8O2.C2H6/c1-6-17-7-12(2)20-18(14(17)4)9-16(11-26-15(5)23)10-22(25)19(20)8-13(3)21(22)24;1-3-4(2)5(6)7;1-2/h8-9,12,14,17-20,25H,6-7,10-11H2,1-5H3;3H,1-2H3,(H,6,7);1-2H3/b;4-3-;/t12-,14-,17?,18?,19?,20?,22?;;/m1../s1. The van der Waals surface area contributed by atoms with E-state index in [9.17, 15) is 19.5 Å². The van der Waals surface area contributed by atoms with Crippen LogP contribution >= 0.6 is 0 Å². The molecule has 0 spiro atoms. The Morgan fingerprint density at radius 1 is 1.20 bits per heavy atom. The van der Waals surface area contributed by atoms with Crippen LogP contribution in [0.2, 0.25) is 0 Å². The number of aliphatic carboxylic acids is 1. The van der Waals surface area contributed by atoms with Crippen molar-refractivity contribution in [2.24, 2.45) is 35.5 Å². The molecular weight excluding hydrogens is 444 g/mol. The number of carbonyl (C=O) groups excluding carboxylic acids is 2. The molecule has 0 aliphatic heterocycles.